The Morgan fingerprint density at radius 3 is 2.32 bits per heavy atom. The van der Waals surface area contributed by atoms with Crippen LogP contribution in [-0.2, 0) is 14.9 Å². The van der Waals surface area contributed by atoms with Gasteiger partial charge in [-0.1, -0.05) is 0 Å². The van der Waals surface area contributed by atoms with Crippen LogP contribution in [0.15, 0.2) is 9.64 Å². The fourth-order valence-electron chi connectivity index (χ4n) is 5.55. The third kappa shape index (κ3) is 2.02. The lowest BCUT2D eigenvalue weighted by Crippen LogP contribution is -2.48. The smallest absolute Gasteiger partial charge is 0.319 e. The number of cyclic esters (lactones) is 1. The summed E-state index contributed by atoms with van der Waals surface area (Å²) in [5.74, 6) is 3.26. The van der Waals surface area contributed by atoms with E-state index in [1.54, 1.807) is 0 Å². The van der Waals surface area contributed by atoms with Crippen molar-refractivity contribution >= 4 is 17.7 Å². The number of esters is 1. The van der Waals surface area contributed by atoms with Crippen LogP contribution >= 0.6 is 11.8 Å². The number of nitrogens with zero attached hydrogens (tertiary/aromatic N) is 2. The van der Waals surface area contributed by atoms with E-state index < -0.39 is 0 Å². The van der Waals surface area contributed by atoms with E-state index in [0.29, 0.717) is 11.8 Å². The minimum Gasteiger partial charge on any atom is -0.465 e. The van der Waals surface area contributed by atoms with Gasteiger partial charge in [-0.15, -0.1) is 10.2 Å². The lowest BCUT2D eigenvalue weighted by Gasteiger charge is -2.55. The molecule has 0 spiro atoms. The average molecular weight is 320 g/mol. The highest BCUT2D eigenvalue weighted by molar-refractivity contribution is 8.00. The summed E-state index contributed by atoms with van der Waals surface area (Å²) >= 11 is 1.37. The van der Waals surface area contributed by atoms with Crippen molar-refractivity contribution in [1.29, 1.82) is 0 Å². The topological polar surface area (TPSA) is 65.2 Å². The third-order valence-electron chi connectivity index (χ3n) is 6.03. The highest BCUT2D eigenvalue weighted by Crippen LogP contribution is 2.60. The first kappa shape index (κ1) is 13.4. The van der Waals surface area contributed by atoms with Gasteiger partial charge in [0.15, 0.2) is 0 Å². The van der Waals surface area contributed by atoms with E-state index in [1.165, 1.54) is 50.3 Å². The molecule has 0 amide bonds. The van der Waals surface area contributed by atoms with Gasteiger partial charge >= 0.3 is 5.97 Å². The molecule has 5 nitrogen and oxygen atoms in total. The Bertz CT molecular complexity index is 579. The SMILES string of the molecule is O=C1OCC[C@@H]1Sc1nnc(C23CC4CC(CC(C4)C2)C3)o1. The number of carbonyl (C=O) groups is 1. The van der Waals surface area contributed by atoms with Gasteiger partial charge < -0.3 is 9.15 Å². The molecule has 2 heterocycles. The van der Waals surface area contributed by atoms with E-state index in [4.69, 9.17) is 9.15 Å². The standard InChI is InChI=1S/C16H20N2O3S/c19-13-12(1-2-20-13)22-15-18-17-14(21-15)16-6-9-3-10(7-16)5-11(4-9)8-16/h9-12H,1-8H2/t9?,10?,11?,12-,16?/m0/s1. The zero-order valence-electron chi connectivity index (χ0n) is 12.5. The molecule has 1 aromatic heterocycles. The summed E-state index contributed by atoms with van der Waals surface area (Å²) < 4.78 is 11.0. The number of aromatic nitrogens is 2. The number of rotatable bonds is 3. The Balaban J connectivity index is 1.39. The van der Waals surface area contributed by atoms with Crippen molar-refractivity contribution in [2.45, 2.75) is 60.8 Å². The molecule has 1 atom stereocenters. The Morgan fingerprint density at radius 1 is 1.05 bits per heavy atom. The summed E-state index contributed by atoms with van der Waals surface area (Å²) in [6.07, 6.45) is 8.61. The van der Waals surface area contributed by atoms with Crippen LogP contribution in [0.3, 0.4) is 0 Å². The molecule has 0 unspecified atom stereocenters. The number of hydrogen-bond acceptors (Lipinski definition) is 6. The molecule has 4 saturated carbocycles. The summed E-state index contributed by atoms with van der Waals surface area (Å²) in [6, 6.07) is 0. The molecule has 1 saturated heterocycles. The van der Waals surface area contributed by atoms with Crippen LogP contribution in [0.2, 0.25) is 0 Å². The lowest BCUT2D eigenvalue weighted by molar-refractivity contribution is -0.137. The predicted octanol–water partition coefficient (Wildman–Crippen LogP) is 2.95. The van der Waals surface area contributed by atoms with Crippen LogP contribution in [0.5, 0.6) is 0 Å². The number of carbonyl (C=O) groups excluding carboxylic acids is 1. The van der Waals surface area contributed by atoms with Gasteiger partial charge in [0.2, 0.25) is 5.89 Å². The van der Waals surface area contributed by atoms with Crippen LogP contribution in [0.4, 0.5) is 0 Å². The molecule has 4 bridgehead atoms. The second-order valence-corrected chi connectivity index (χ2v) is 8.79. The Hall–Kier alpha value is -1.04. The number of ether oxygens (including phenoxy) is 1. The summed E-state index contributed by atoms with van der Waals surface area (Å²) in [7, 11) is 0. The molecule has 118 valence electrons. The maximum atomic E-state index is 11.6. The first-order valence-electron chi connectivity index (χ1n) is 8.37. The summed E-state index contributed by atoms with van der Waals surface area (Å²) in [6.45, 7) is 0.506. The maximum Gasteiger partial charge on any atom is 0.319 e. The molecule has 1 aromatic rings. The Kier molecular flexibility index (Phi) is 2.88. The molecule has 5 fully saturated rings. The van der Waals surface area contributed by atoms with Gasteiger partial charge in [-0.25, -0.2) is 0 Å². The lowest BCUT2D eigenvalue weighted by atomic mass is 9.49. The van der Waals surface area contributed by atoms with Gasteiger partial charge in [-0.3, -0.25) is 4.79 Å². The normalized spacial score (nSPS) is 42.8. The van der Waals surface area contributed by atoms with E-state index in [-0.39, 0.29) is 16.6 Å². The number of thioether (sulfide) groups is 1. The van der Waals surface area contributed by atoms with E-state index in [2.05, 4.69) is 10.2 Å². The van der Waals surface area contributed by atoms with E-state index in [1.807, 2.05) is 0 Å². The van der Waals surface area contributed by atoms with Crippen LogP contribution in [0.1, 0.15) is 50.8 Å². The molecular formula is C16H20N2O3S. The predicted molar refractivity (Wildman–Crippen MR) is 79.4 cm³/mol. The van der Waals surface area contributed by atoms with Crippen molar-refractivity contribution < 1.29 is 13.9 Å². The van der Waals surface area contributed by atoms with Crippen LogP contribution in [-0.4, -0.2) is 28.0 Å². The van der Waals surface area contributed by atoms with Crippen LogP contribution < -0.4 is 0 Å². The second kappa shape index (κ2) is 4.73. The third-order valence-corrected chi connectivity index (χ3v) is 7.11. The molecule has 4 aliphatic carbocycles. The quantitative estimate of drug-likeness (QED) is 0.798. The zero-order chi connectivity index (χ0) is 14.7. The van der Waals surface area contributed by atoms with E-state index >= 15 is 0 Å². The summed E-state index contributed by atoms with van der Waals surface area (Å²) in [4.78, 5) is 11.6. The largest absolute Gasteiger partial charge is 0.465 e. The molecule has 22 heavy (non-hydrogen) atoms. The molecule has 5 aliphatic rings. The zero-order valence-corrected chi connectivity index (χ0v) is 13.3. The highest BCUT2D eigenvalue weighted by atomic mass is 32.2. The molecule has 6 rings (SSSR count). The van der Waals surface area contributed by atoms with Gasteiger partial charge in [-0.05, 0) is 68.0 Å². The van der Waals surface area contributed by atoms with Crippen molar-refractivity contribution in [2.24, 2.45) is 17.8 Å². The monoisotopic (exact) mass is 320 g/mol. The van der Waals surface area contributed by atoms with Gasteiger partial charge in [0.1, 0.15) is 5.25 Å². The van der Waals surface area contributed by atoms with Crippen molar-refractivity contribution in [2.75, 3.05) is 6.61 Å². The minimum atomic E-state index is -0.176. The van der Waals surface area contributed by atoms with Gasteiger partial charge in [0.25, 0.3) is 5.22 Å². The summed E-state index contributed by atoms with van der Waals surface area (Å²) in [5.41, 5.74) is 0.136. The molecule has 0 N–H and O–H groups in total. The molecule has 6 heteroatoms. The van der Waals surface area contributed by atoms with Crippen molar-refractivity contribution in [3.63, 3.8) is 0 Å². The Labute approximate surface area is 133 Å². The van der Waals surface area contributed by atoms with Gasteiger partial charge in [-0.2, -0.15) is 0 Å². The van der Waals surface area contributed by atoms with Crippen LogP contribution in [0, 0.1) is 17.8 Å². The maximum absolute atomic E-state index is 11.6. The fraction of sp³-hybridized carbons (Fsp3) is 0.812. The Morgan fingerprint density at radius 2 is 1.73 bits per heavy atom. The van der Waals surface area contributed by atoms with Crippen LogP contribution in [0.25, 0.3) is 0 Å². The first-order chi connectivity index (χ1) is 10.7. The van der Waals surface area contributed by atoms with Crippen molar-refractivity contribution in [3.05, 3.63) is 5.89 Å². The van der Waals surface area contributed by atoms with Crippen molar-refractivity contribution in [3.8, 4) is 0 Å². The average Bonchev–Trinajstić information content (AvgIpc) is 3.08. The van der Waals surface area contributed by atoms with Gasteiger partial charge in [0.05, 0.1) is 6.61 Å². The fourth-order valence-corrected chi connectivity index (χ4v) is 6.39. The second-order valence-electron chi connectivity index (χ2n) is 7.63. The van der Waals surface area contributed by atoms with E-state index in [0.717, 1.165) is 30.1 Å². The first-order valence-corrected chi connectivity index (χ1v) is 9.25. The molecule has 0 radical (unpaired) electrons. The molecular weight excluding hydrogens is 300 g/mol. The summed E-state index contributed by atoms with van der Waals surface area (Å²) in [5, 5.41) is 8.95. The van der Waals surface area contributed by atoms with Crippen molar-refractivity contribution in [1.82, 2.24) is 10.2 Å². The highest BCUT2D eigenvalue weighted by Gasteiger charge is 2.54. The minimum absolute atomic E-state index is 0.136. The van der Waals surface area contributed by atoms with Gasteiger partial charge in [0, 0.05) is 11.8 Å². The molecule has 0 aromatic carbocycles. The number of hydrogen-bond donors (Lipinski definition) is 0. The molecule has 1 aliphatic heterocycles. The van der Waals surface area contributed by atoms with E-state index in [9.17, 15) is 4.79 Å².